The predicted molar refractivity (Wildman–Crippen MR) is 212 cm³/mol. The standard InChI is InChI=1S/C45H58N2O7/c1-4-44(48)51-27-11-8-7-10-26-50-43-25-18-37(31-47-43)33-54-42-24-23-41(29-40(42)30-46)53-32-36-16-21-39(22-17-36)38-19-14-35(15-20-38)13-9-5-6-12-28-52-45(49)34(2)3/h4,16-18,21-25,29-31,35,38,46H,1-2,5-15,19-20,26-28,32-33H2,3H3. The topological polar surface area (TPSA) is 117 Å². The first kappa shape index (κ1) is 41.8. The summed E-state index contributed by atoms with van der Waals surface area (Å²) in [6.07, 6.45) is 18.7. The number of nitrogens with zero attached hydrogens (tertiary/aromatic N) is 1. The maximum atomic E-state index is 11.5. The van der Waals surface area contributed by atoms with Crippen molar-refractivity contribution < 1.29 is 33.3 Å². The van der Waals surface area contributed by atoms with Gasteiger partial charge in [0, 0.05) is 41.3 Å². The first-order valence-corrected chi connectivity index (χ1v) is 19.5. The third-order valence-corrected chi connectivity index (χ3v) is 9.82. The van der Waals surface area contributed by atoms with Gasteiger partial charge >= 0.3 is 11.9 Å². The summed E-state index contributed by atoms with van der Waals surface area (Å²) in [5.41, 5.74) is 4.53. The van der Waals surface area contributed by atoms with E-state index in [0.29, 0.717) is 67.5 Å². The van der Waals surface area contributed by atoms with Gasteiger partial charge in [-0.1, -0.05) is 63.1 Å². The molecule has 1 saturated carbocycles. The molecule has 3 aromatic rings. The highest BCUT2D eigenvalue weighted by Crippen LogP contribution is 2.38. The lowest BCUT2D eigenvalue weighted by atomic mass is 9.77. The highest BCUT2D eigenvalue weighted by atomic mass is 16.5. The number of aromatic nitrogens is 1. The molecule has 1 aromatic heterocycles. The van der Waals surface area contributed by atoms with E-state index in [-0.39, 0.29) is 11.9 Å². The van der Waals surface area contributed by atoms with E-state index >= 15 is 0 Å². The number of ether oxygens (including phenoxy) is 5. The van der Waals surface area contributed by atoms with E-state index in [0.717, 1.165) is 55.6 Å². The minimum absolute atomic E-state index is 0.286. The van der Waals surface area contributed by atoms with Crippen LogP contribution in [0.5, 0.6) is 17.4 Å². The van der Waals surface area contributed by atoms with Crippen LogP contribution in [0.15, 0.2) is 85.6 Å². The van der Waals surface area contributed by atoms with Gasteiger partial charge < -0.3 is 29.1 Å². The number of carbonyl (C=O) groups is 2. The number of benzene rings is 2. The Morgan fingerprint density at radius 1 is 0.778 bits per heavy atom. The third-order valence-electron chi connectivity index (χ3n) is 9.82. The largest absolute Gasteiger partial charge is 0.489 e. The first-order chi connectivity index (χ1) is 26.3. The number of hydrogen-bond acceptors (Lipinski definition) is 9. The molecule has 1 heterocycles. The fourth-order valence-corrected chi connectivity index (χ4v) is 6.58. The third kappa shape index (κ3) is 15.2. The Morgan fingerprint density at radius 3 is 2.11 bits per heavy atom. The van der Waals surface area contributed by atoms with E-state index in [2.05, 4.69) is 42.4 Å². The molecule has 2 aromatic carbocycles. The SMILES string of the molecule is C=CC(=O)OCCCCCCOc1ccc(COc2ccc(OCc3ccc(C4CCC(CCCCCCOC(=O)C(=C)C)CC4)cc3)cc2C=N)cn1. The molecule has 1 fully saturated rings. The fraction of sp³-hybridized carbons (Fsp3) is 0.467. The molecule has 4 rings (SSSR count). The number of nitrogens with one attached hydrogen (secondary N) is 1. The van der Waals surface area contributed by atoms with Crippen molar-refractivity contribution >= 4 is 18.2 Å². The summed E-state index contributed by atoms with van der Waals surface area (Å²) in [4.78, 5) is 26.9. The van der Waals surface area contributed by atoms with Crippen LogP contribution in [0.3, 0.4) is 0 Å². The maximum Gasteiger partial charge on any atom is 0.333 e. The molecule has 1 N–H and O–H groups in total. The Bertz CT molecular complexity index is 1610. The van der Waals surface area contributed by atoms with E-state index in [1.165, 1.54) is 62.8 Å². The molecule has 0 atom stereocenters. The normalized spacial score (nSPS) is 15.1. The molecule has 9 nitrogen and oxygen atoms in total. The minimum atomic E-state index is -0.382. The number of rotatable bonds is 25. The van der Waals surface area contributed by atoms with Gasteiger partial charge in [0.15, 0.2) is 0 Å². The van der Waals surface area contributed by atoms with E-state index in [9.17, 15) is 9.59 Å². The van der Waals surface area contributed by atoms with Crippen molar-refractivity contribution in [1.29, 1.82) is 5.41 Å². The zero-order valence-corrected chi connectivity index (χ0v) is 32.0. The summed E-state index contributed by atoms with van der Waals surface area (Å²) in [5.74, 6) is 2.64. The summed E-state index contributed by atoms with van der Waals surface area (Å²) in [6.45, 7) is 10.9. The van der Waals surface area contributed by atoms with Crippen LogP contribution in [-0.2, 0) is 32.3 Å². The molecule has 1 aliphatic carbocycles. The first-order valence-electron chi connectivity index (χ1n) is 19.5. The molecule has 290 valence electrons. The number of unbranched alkanes of at least 4 members (excludes halogenated alkanes) is 6. The molecule has 0 saturated heterocycles. The number of hydrogen-bond donors (Lipinski definition) is 1. The minimum Gasteiger partial charge on any atom is -0.489 e. The van der Waals surface area contributed by atoms with Gasteiger partial charge in [-0.3, -0.25) is 0 Å². The monoisotopic (exact) mass is 738 g/mol. The smallest absolute Gasteiger partial charge is 0.333 e. The van der Waals surface area contributed by atoms with Crippen LogP contribution in [0.25, 0.3) is 0 Å². The van der Waals surface area contributed by atoms with Gasteiger partial charge in [0.2, 0.25) is 5.88 Å². The molecule has 9 heteroatoms. The van der Waals surface area contributed by atoms with Crippen molar-refractivity contribution in [3.05, 3.63) is 108 Å². The van der Waals surface area contributed by atoms with Crippen LogP contribution in [-0.4, -0.2) is 43.0 Å². The second kappa shape index (κ2) is 23.7. The molecule has 0 radical (unpaired) electrons. The summed E-state index contributed by atoms with van der Waals surface area (Å²) in [6, 6.07) is 18.2. The van der Waals surface area contributed by atoms with E-state index in [1.54, 1.807) is 13.1 Å². The van der Waals surface area contributed by atoms with Crippen molar-refractivity contribution in [2.75, 3.05) is 19.8 Å². The Balaban J connectivity index is 1.10. The second-order valence-electron chi connectivity index (χ2n) is 14.1. The summed E-state index contributed by atoms with van der Waals surface area (Å²) < 4.78 is 28.0. The molecule has 0 spiro atoms. The van der Waals surface area contributed by atoms with Gasteiger partial charge in [0.05, 0.1) is 19.8 Å². The quantitative estimate of drug-likeness (QED) is 0.0395. The summed E-state index contributed by atoms with van der Waals surface area (Å²) >= 11 is 0. The average Bonchev–Trinajstić information content (AvgIpc) is 3.20. The van der Waals surface area contributed by atoms with Crippen molar-refractivity contribution in [2.24, 2.45) is 5.92 Å². The Labute approximate surface area is 321 Å². The van der Waals surface area contributed by atoms with Crippen molar-refractivity contribution in [1.82, 2.24) is 4.98 Å². The average molecular weight is 739 g/mol. The molecule has 0 bridgehead atoms. The lowest BCUT2D eigenvalue weighted by Crippen LogP contribution is -2.13. The lowest BCUT2D eigenvalue weighted by Gasteiger charge is -2.29. The summed E-state index contributed by atoms with van der Waals surface area (Å²) in [7, 11) is 0. The summed E-state index contributed by atoms with van der Waals surface area (Å²) in [5, 5.41) is 7.93. The second-order valence-corrected chi connectivity index (χ2v) is 14.1. The molecule has 1 aliphatic rings. The fourth-order valence-electron chi connectivity index (χ4n) is 6.58. The predicted octanol–water partition coefficient (Wildman–Crippen LogP) is 10.2. The molecular formula is C45H58N2O7. The lowest BCUT2D eigenvalue weighted by molar-refractivity contribution is -0.139. The Hall–Kier alpha value is -4.92. The zero-order valence-electron chi connectivity index (χ0n) is 32.0. The molecule has 0 aliphatic heterocycles. The molecule has 0 amide bonds. The van der Waals surface area contributed by atoms with Crippen molar-refractivity contribution in [2.45, 2.75) is 110 Å². The van der Waals surface area contributed by atoms with Gasteiger partial charge in [-0.05, 0) is 112 Å². The molecule has 54 heavy (non-hydrogen) atoms. The van der Waals surface area contributed by atoms with Crippen LogP contribution >= 0.6 is 0 Å². The van der Waals surface area contributed by atoms with Crippen molar-refractivity contribution in [3.63, 3.8) is 0 Å². The number of esters is 2. The maximum absolute atomic E-state index is 11.5. The van der Waals surface area contributed by atoms with Crippen LogP contribution in [0.4, 0.5) is 0 Å². The van der Waals surface area contributed by atoms with Gasteiger partial charge in [0.25, 0.3) is 0 Å². The number of pyridine rings is 1. The van der Waals surface area contributed by atoms with Crippen LogP contribution in [0.1, 0.15) is 119 Å². The Kier molecular flexibility index (Phi) is 18.3. The van der Waals surface area contributed by atoms with Gasteiger partial charge in [-0.25, -0.2) is 14.6 Å². The van der Waals surface area contributed by atoms with Gasteiger partial charge in [0.1, 0.15) is 24.7 Å². The molecule has 0 unspecified atom stereocenters. The van der Waals surface area contributed by atoms with Gasteiger partial charge in [-0.2, -0.15) is 0 Å². The van der Waals surface area contributed by atoms with Crippen LogP contribution in [0, 0.1) is 11.3 Å². The van der Waals surface area contributed by atoms with E-state index < -0.39 is 0 Å². The van der Waals surface area contributed by atoms with E-state index in [4.69, 9.17) is 29.1 Å². The highest BCUT2D eigenvalue weighted by Gasteiger charge is 2.22. The highest BCUT2D eigenvalue weighted by molar-refractivity contribution is 5.86. The van der Waals surface area contributed by atoms with Crippen molar-refractivity contribution in [3.8, 4) is 17.4 Å². The zero-order chi connectivity index (χ0) is 38.4. The number of carbonyl (C=O) groups excluding carboxylic acids is 2. The van der Waals surface area contributed by atoms with Gasteiger partial charge in [-0.15, -0.1) is 0 Å². The van der Waals surface area contributed by atoms with Crippen LogP contribution in [0.2, 0.25) is 0 Å². The van der Waals surface area contributed by atoms with E-state index in [1.807, 2.05) is 30.3 Å². The Morgan fingerprint density at radius 2 is 1.44 bits per heavy atom. The molecular weight excluding hydrogens is 681 g/mol. The van der Waals surface area contributed by atoms with Crippen LogP contribution < -0.4 is 14.2 Å².